The maximum atomic E-state index is 14.0. The number of alkyl halides is 3. The lowest BCUT2D eigenvalue weighted by molar-refractivity contribution is -0.138. The molecule has 2 rings (SSSR count). The Labute approximate surface area is 124 Å². The summed E-state index contributed by atoms with van der Waals surface area (Å²) in [5.41, 5.74) is -0.717. The molecule has 0 amide bonds. The second-order valence-corrected chi connectivity index (χ2v) is 4.91. The van der Waals surface area contributed by atoms with Crippen molar-refractivity contribution in [3.8, 4) is 0 Å². The van der Waals surface area contributed by atoms with Crippen LogP contribution in [0.5, 0.6) is 0 Å². The van der Waals surface area contributed by atoms with Crippen molar-refractivity contribution in [3.05, 3.63) is 70.0 Å². The van der Waals surface area contributed by atoms with Crippen LogP contribution in [0.3, 0.4) is 0 Å². The SMILES string of the molecule is CNC(c1ccc(Cl)cc1F)c1ccccc1C(F)(F)F. The molecule has 0 aliphatic rings. The Morgan fingerprint density at radius 2 is 1.71 bits per heavy atom. The molecule has 6 heteroatoms. The largest absolute Gasteiger partial charge is 0.416 e. The molecule has 2 aromatic carbocycles. The van der Waals surface area contributed by atoms with Crippen LogP contribution < -0.4 is 5.32 Å². The lowest BCUT2D eigenvalue weighted by Gasteiger charge is -2.22. The van der Waals surface area contributed by atoms with Gasteiger partial charge in [0.2, 0.25) is 0 Å². The first kappa shape index (κ1) is 15.8. The Balaban J connectivity index is 2.57. The van der Waals surface area contributed by atoms with Crippen LogP contribution in [0.25, 0.3) is 0 Å². The molecule has 0 saturated carbocycles. The van der Waals surface area contributed by atoms with E-state index in [9.17, 15) is 17.6 Å². The van der Waals surface area contributed by atoms with E-state index in [4.69, 9.17) is 11.6 Å². The van der Waals surface area contributed by atoms with Gasteiger partial charge in [-0.25, -0.2) is 4.39 Å². The van der Waals surface area contributed by atoms with Crippen LogP contribution in [0.15, 0.2) is 42.5 Å². The van der Waals surface area contributed by atoms with Gasteiger partial charge in [0.15, 0.2) is 0 Å². The van der Waals surface area contributed by atoms with Crippen molar-refractivity contribution in [2.24, 2.45) is 0 Å². The third-order valence-corrected chi connectivity index (χ3v) is 3.37. The van der Waals surface area contributed by atoms with E-state index in [2.05, 4.69) is 5.32 Å². The number of hydrogen-bond donors (Lipinski definition) is 1. The topological polar surface area (TPSA) is 12.0 Å². The molecular weight excluding hydrogens is 306 g/mol. The lowest BCUT2D eigenvalue weighted by Crippen LogP contribution is -2.22. The van der Waals surface area contributed by atoms with Gasteiger partial charge in [-0.05, 0) is 30.8 Å². The van der Waals surface area contributed by atoms with Crippen molar-refractivity contribution in [1.82, 2.24) is 5.32 Å². The van der Waals surface area contributed by atoms with Crippen LogP contribution in [0.2, 0.25) is 5.02 Å². The monoisotopic (exact) mass is 317 g/mol. The number of hydrogen-bond acceptors (Lipinski definition) is 1. The number of nitrogens with one attached hydrogen (secondary N) is 1. The summed E-state index contributed by atoms with van der Waals surface area (Å²) in [6.45, 7) is 0. The van der Waals surface area contributed by atoms with Crippen LogP contribution >= 0.6 is 11.6 Å². The normalized spacial score (nSPS) is 13.2. The van der Waals surface area contributed by atoms with Gasteiger partial charge in [0.05, 0.1) is 11.6 Å². The van der Waals surface area contributed by atoms with Crippen LogP contribution in [0, 0.1) is 5.82 Å². The fraction of sp³-hybridized carbons (Fsp3) is 0.200. The molecule has 21 heavy (non-hydrogen) atoms. The quantitative estimate of drug-likeness (QED) is 0.801. The minimum Gasteiger partial charge on any atom is -0.309 e. The zero-order valence-electron chi connectivity index (χ0n) is 11.0. The average molecular weight is 318 g/mol. The minimum atomic E-state index is -4.51. The van der Waals surface area contributed by atoms with Crippen LogP contribution in [0.1, 0.15) is 22.7 Å². The highest BCUT2D eigenvalue weighted by atomic mass is 35.5. The Hall–Kier alpha value is -1.59. The molecule has 0 spiro atoms. The summed E-state index contributed by atoms with van der Waals surface area (Å²) in [5.74, 6) is -0.654. The fourth-order valence-electron chi connectivity index (χ4n) is 2.22. The predicted molar refractivity (Wildman–Crippen MR) is 73.8 cm³/mol. The van der Waals surface area contributed by atoms with Crippen molar-refractivity contribution in [3.63, 3.8) is 0 Å². The van der Waals surface area contributed by atoms with Gasteiger partial charge in [-0.15, -0.1) is 0 Å². The van der Waals surface area contributed by atoms with Gasteiger partial charge in [-0.3, -0.25) is 0 Å². The molecule has 2 aromatic rings. The van der Waals surface area contributed by atoms with Crippen molar-refractivity contribution < 1.29 is 17.6 Å². The van der Waals surface area contributed by atoms with E-state index in [1.165, 1.54) is 37.4 Å². The second kappa shape index (κ2) is 6.03. The number of halogens is 5. The molecule has 0 bridgehead atoms. The van der Waals surface area contributed by atoms with E-state index in [1.807, 2.05) is 0 Å². The van der Waals surface area contributed by atoms with Crippen molar-refractivity contribution in [2.75, 3.05) is 7.05 Å². The average Bonchev–Trinajstić information content (AvgIpc) is 2.41. The molecule has 1 N–H and O–H groups in total. The molecule has 0 aliphatic carbocycles. The van der Waals surface area contributed by atoms with E-state index in [1.54, 1.807) is 0 Å². The first-order valence-corrected chi connectivity index (χ1v) is 6.50. The van der Waals surface area contributed by atoms with Gasteiger partial charge in [-0.1, -0.05) is 35.9 Å². The molecule has 1 atom stereocenters. The van der Waals surface area contributed by atoms with E-state index in [0.29, 0.717) is 0 Å². The third-order valence-electron chi connectivity index (χ3n) is 3.14. The molecule has 0 aromatic heterocycles. The highest BCUT2D eigenvalue weighted by molar-refractivity contribution is 6.30. The summed E-state index contributed by atoms with van der Waals surface area (Å²) in [6, 6.07) is 8.09. The predicted octanol–water partition coefficient (Wildman–Crippen LogP) is 4.81. The molecule has 0 radical (unpaired) electrons. The van der Waals surface area contributed by atoms with Gasteiger partial charge in [0, 0.05) is 10.6 Å². The molecule has 0 fully saturated rings. The Kier molecular flexibility index (Phi) is 4.54. The minimum absolute atomic E-state index is 0.0336. The summed E-state index contributed by atoms with van der Waals surface area (Å²) in [6.07, 6.45) is -4.51. The zero-order chi connectivity index (χ0) is 15.6. The molecular formula is C15H12ClF4N. The van der Waals surface area contributed by atoms with E-state index < -0.39 is 23.6 Å². The smallest absolute Gasteiger partial charge is 0.309 e. The van der Waals surface area contributed by atoms with Crippen molar-refractivity contribution in [1.29, 1.82) is 0 Å². The van der Waals surface area contributed by atoms with E-state index >= 15 is 0 Å². The van der Waals surface area contributed by atoms with Gasteiger partial charge in [0.1, 0.15) is 5.82 Å². The fourth-order valence-corrected chi connectivity index (χ4v) is 2.38. The molecule has 0 aliphatic heterocycles. The van der Waals surface area contributed by atoms with Crippen LogP contribution in [-0.2, 0) is 6.18 Å². The van der Waals surface area contributed by atoms with Gasteiger partial charge < -0.3 is 5.32 Å². The highest BCUT2D eigenvalue weighted by Crippen LogP contribution is 2.37. The third kappa shape index (κ3) is 3.36. The van der Waals surface area contributed by atoms with Gasteiger partial charge >= 0.3 is 6.18 Å². The molecule has 0 saturated heterocycles. The maximum absolute atomic E-state index is 14.0. The Morgan fingerprint density at radius 3 is 2.29 bits per heavy atom. The van der Waals surface area contributed by atoms with E-state index in [-0.39, 0.29) is 16.1 Å². The van der Waals surface area contributed by atoms with Gasteiger partial charge in [0.25, 0.3) is 0 Å². The maximum Gasteiger partial charge on any atom is 0.416 e. The summed E-state index contributed by atoms with van der Waals surface area (Å²) in [5, 5.41) is 2.91. The lowest BCUT2D eigenvalue weighted by atomic mass is 9.94. The first-order chi connectivity index (χ1) is 9.84. The standard InChI is InChI=1S/C15H12ClF4N/c1-21-14(11-7-6-9(16)8-13(11)17)10-4-2-3-5-12(10)15(18,19)20/h2-8,14,21H,1H3. The summed E-state index contributed by atoms with van der Waals surface area (Å²) >= 11 is 5.67. The van der Waals surface area contributed by atoms with Crippen LogP contribution in [-0.4, -0.2) is 7.05 Å². The summed E-state index contributed by atoms with van der Waals surface area (Å²) in [7, 11) is 1.48. The highest BCUT2D eigenvalue weighted by Gasteiger charge is 2.35. The Morgan fingerprint density at radius 1 is 1.05 bits per heavy atom. The molecule has 112 valence electrons. The summed E-state index contributed by atoms with van der Waals surface area (Å²) < 4.78 is 53.2. The second-order valence-electron chi connectivity index (χ2n) is 4.47. The molecule has 1 unspecified atom stereocenters. The summed E-state index contributed by atoms with van der Waals surface area (Å²) in [4.78, 5) is 0. The van der Waals surface area contributed by atoms with Crippen molar-refractivity contribution in [2.45, 2.75) is 12.2 Å². The molecule has 1 nitrogen and oxygen atoms in total. The van der Waals surface area contributed by atoms with Crippen molar-refractivity contribution >= 4 is 11.6 Å². The van der Waals surface area contributed by atoms with Crippen LogP contribution in [0.4, 0.5) is 17.6 Å². The first-order valence-electron chi connectivity index (χ1n) is 6.13. The molecule has 0 heterocycles. The number of benzene rings is 2. The van der Waals surface area contributed by atoms with Gasteiger partial charge in [-0.2, -0.15) is 13.2 Å². The zero-order valence-corrected chi connectivity index (χ0v) is 11.8. The van der Waals surface area contributed by atoms with E-state index in [0.717, 1.165) is 12.1 Å². The Bertz CT molecular complexity index is 640. The number of rotatable bonds is 3.